The monoisotopic (exact) mass is 568 g/mol. The van der Waals surface area contributed by atoms with Crippen LogP contribution in [0.2, 0.25) is 5.02 Å². The Balaban J connectivity index is 1.57. The van der Waals surface area contributed by atoms with E-state index in [-0.39, 0.29) is 16.5 Å². The van der Waals surface area contributed by atoms with Gasteiger partial charge in [0.25, 0.3) is 5.91 Å². The van der Waals surface area contributed by atoms with Gasteiger partial charge in [-0.25, -0.2) is 9.37 Å². The minimum absolute atomic E-state index is 0.195. The Bertz CT molecular complexity index is 1370. The lowest BCUT2D eigenvalue weighted by Crippen LogP contribution is -2.25. The number of imidazole rings is 1. The zero-order valence-electron chi connectivity index (χ0n) is 20.3. The van der Waals surface area contributed by atoms with Crippen LogP contribution in [0.5, 0.6) is 0 Å². The number of hydrogen-bond acceptors (Lipinski definition) is 3. The molecule has 0 atom stereocenters. The highest BCUT2D eigenvalue weighted by Gasteiger charge is 2.18. The topological polar surface area (TPSA) is 61.0 Å². The summed E-state index contributed by atoms with van der Waals surface area (Å²) in [6.07, 6.45) is 1.02. The highest BCUT2D eigenvalue weighted by Crippen LogP contribution is 2.34. The quantitative estimate of drug-likeness (QED) is 0.225. The molecule has 0 saturated heterocycles. The molecular formula is C28H27BrClFN4O. The third kappa shape index (κ3) is 5.47. The van der Waals surface area contributed by atoms with E-state index in [4.69, 9.17) is 11.6 Å². The maximum absolute atomic E-state index is 14.4. The van der Waals surface area contributed by atoms with Gasteiger partial charge in [0, 0.05) is 24.2 Å². The van der Waals surface area contributed by atoms with Gasteiger partial charge < -0.3 is 15.2 Å². The van der Waals surface area contributed by atoms with Crippen LogP contribution in [0.3, 0.4) is 0 Å². The summed E-state index contributed by atoms with van der Waals surface area (Å²) in [5.41, 5.74) is 5.03. The highest BCUT2D eigenvalue weighted by molar-refractivity contribution is 9.10. The molecule has 8 heteroatoms. The molecule has 0 aliphatic rings. The standard InChI is InChI=1S/C28H27BrClFN4O/c1-4-15-35(5-2)23-16-17(3)9-14-22(23)32-28(36)19-12-10-18(11-13-19)25-26(29)34-27(33-25)24-20(30)7-6-8-21(24)31/h6-14,16H,4-5,15H2,1-3H3,(H,32,36)(H,33,34). The summed E-state index contributed by atoms with van der Waals surface area (Å²) in [5, 5.41) is 3.34. The average molecular weight is 570 g/mol. The molecule has 3 aromatic carbocycles. The third-order valence-electron chi connectivity index (χ3n) is 5.90. The highest BCUT2D eigenvalue weighted by atomic mass is 79.9. The number of amides is 1. The number of carbonyl (C=O) groups excluding carboxylic acids is 1. The second-order valence-electron chi connectivity index (χ2n) is 8.48. The van der Waals surface area contributed by atoms with Crippen molar-refractivity contribution in [3.8, 4) is 22.6 Å². The normalized spacial score (nSPS) is 10.9. The lowest BCUT2D eigenvalue weighted by atomic mass is 10.1. The summed E-state index contributed by atoms with van der Waals surface area (Å²) in [5.74, 6) is -0.334. The van der Waals surface area contributed by atoms with E-state index < -0.39 is 5.82 Å². The largest absolute Gasteiger partial charge is 0.370 e. The van der Waals surface area contributed by atoms with Crippen molar-refractivity contribution < 1.29 is 9.18 Å². The number of nitrogens with zero attached hydrogens (tertiary/aromatic N) is 2. The summed E-state index contributed by atoms with van der Waals surface area (Å²) in [7, 11) is 0. The van der Waals surface area contributed by atoms with Crippen molar-refractivity contribution in [1.82, 2.24) is 9.97 Å². The van der Waals surface area contributed by atoms with Gasteiger partial charge in [0.1, 0.15) is 21.9 Å². The molecule has 0 aliphatic heterocycles. The number of H-pyrrole nitrogens is 1. The number of aromatic amines is 1. The van der Waals surface area contributed by atoms with Crippen molar-refractivity contribution in [3.05, 3.63) is 87.2 Å². The van der Waals surface area contributed by atoms with Crippen LogP contribution in [0.25, 0.3) is 22.6 Å². The molecule has 0 spiro atoms. The van der Waals surface area contributed by atoms with Gasteiger partial charge in [-0.05, 0) is 78.2 Å². The number of carbonyl (C=O) groups is 1. The Morgan fingerprint density at radius 1 is 1.14 bits per heavy atom. The summed E-state index contributed by atoms with van der Waals surface area (Å²) < 4.78 is 15.0. The Labute approximate surface area is 223 Å². The first-order chi connectivity index (χ1) is 17.3. The Morgan fingerprint density at radius 3 is 2.56 bits per heavy atom. The first-order valence-electron chi connectivity index (χ1n) is 11.8. The number of benzene rings is 3. The molecule has 4 rings (SSSR count). The summed E-state index contributed by atoms with van der Waals surface area (Å²) in [4.78, 5) is 22.9. The van der Waals surface area contributed by atoms with Crippen LogP contribution in [0.15, 0.2) is 65.3 Å². The molecule has 36 heavy (non-hydrogen) atoms. The lowest BCUT2D eigenvalue weighted by Gasteiger charge is -2.26. The maximum Gasteiger partial charge on any atom is 0.255 e. The molecule has 0 saturated carbocycles. The van der Waals surface area contributed by atoms with E-state index in [1.54, 1.807) is 24.3 Å². The molecule has 0 aliphatic carbocycles. The average Bonchev–Trinajstić information content (AvgIpc) is 3.24. The van der Waals surface area contributed by atoms with E-state index in [1.807, 2.05) is 31.2 Å². The SMILES string of the molecule is CCCN(CC)c1cc(C)ccc1NC(=O)c1ccc(-c2nc(-c3c(F)cccc3Cl)[nH]c2Br)cc1. The molecule has 0 fully saturated rings. The number of halogens is 3. The first kappa shape index (κ1) is 25.9. The lowest BCUT2D eigenvalue weighted by molar-refractivity contribution is 0.102. The van der Waals surface area contributed by atoms with Crippen molar-refractivity contribution >= 4 is 44.8 Å². The van der Waals surface area contributed by atoms with Gasteiger partial charge in [0.2, 0.25) is 0 Å². The first-order valence-corrected chi connectivity index (χ1v) is 13.0. The van der Waals surface area contributed by atoms with Crippen molar-refractivity contribution in [3.63, 3.8) is 0 Å². The van der Waals surface area contributed by atoms with Crippen LogP contribution in [0.1, 0.15) is 36.2 Å². The van der Waals surface area contributed by atoms with E-state index in [2.05, 4.69) is 56.0 Å². The number of nitrogens with one attached hydrogen (secondary N) is 2. The van der Waals surface area contributed by atoms with Crippen LogP contribution in [0, 0.1) is 12.7 Å². The van der Waals surface area contributed by atoms with Gasteiger partial charge in [-0.1, -0.05) is 42.8 Å². The van der Waals surface area contributed by atoms with E-state index in [0.717, 1.165) is 42.0 Å². The van der Waals surface area contributed by atoms with Crippen molar-refractivity contribution in [2.24, 2.45) is 0 Å². The van der Waals surface area contributed by atoms with Crippen LogP contribution in [-0.2, 0) is 0 Å². The molecular weight excluding hydrogens is 543 g/mol. The number of hydrogen-bond donors (Lipinski definition) is 2. The van der Waals surface area contributed by atoms with Crippen molar-refractivity contribution in [2.75, 3.05) is 23.3 Å². The van der Waals surface area contributed by atoms with Gasteiger partial charge >= 0.3 is 0 Å². The number of rotatable bonds is 8. The molecule has 1 amide bonds. The Kier molecular flexibility index (Phi) is 8.11. The van der Waals surface area contributed by atoms with E-state index >= 15 is 0 Å². The fourth-order valence-electron chi connectivity index (χ4n) is 4.09. The zero-order chi connectivity index (χ0) is 25.8. The third-order valence-corrected chi connectivity index (χ3v) is 6.79. The maximum atomic E-state index is 14.4. The number of anilines is 2. The molecule has 5 nitrogen and oxygen atoms in total. The Hall–Kier alpha value is -3.16. The minimum Gasteiger partial charge on any atom is -0.370 e. The summed E-state index contributed by atoms with van der Waals surface area (Å²) in [6, 6.07) is 17.7. The van der Waals surface area contributed by atoms with Crippen LogP contribution < -0.4 is 10.2 Å². The summed E-state index contributed by atoms with van der Waals surface area (Å²) in [6.45, 7) is 8.07. The van der Waals surface area contributed by atoms with Gasteiger partial charge in [0.15, 0.2) is 0 Å². The van der Waals surface area contributed by atoms with Crippen molar-refractivity contribution in [1.29, 1.82) is 0 Å². The Morgan fingerprint density at radius 2 is 1.89 bits per heavy atom. The minimum atomic E-state index is -0.460. The predicted octanol–water partition coefficient (Wildman–Crippen LogP) is 8.10. The molecule has 0 unspecified atom stereocenters. The van der Waals surface area contributed by atoms with Gasteiger partial charge in [0.05, 0.1) is 22.0 Å². The fourth-order valence-corrected chi connectivity index (χ4v) is 4.85. The van der Waals surface area contributed by atoms with Gasteiger partial charge in [-0.2, -0.15) is 0 Å². The van der Waals surface area contributed by atoms with Crippen LogP contribution >= 0.6 is 27.5 Å². The van der Waals surface area contributed by atoms with Crippen LogP contribution in [0.4, 0.5) is 15.8 Å². The smallest absolute Gasteiger partial charge is 0.255 e. The van der Waals surface area contributed by atoms with Gasteiger partial charge in [-0.15, -0.1) is 0 Å². The number of aromatic nitrogens is 2. The molecule has 2 N–H and O–H groups in total. The fraction of sp³-hybridized carbons (Fsp3) is 0.214. The molecule has 4 aromatic rings. The van der Waals surface area contributed by atoms with E-state index in [1.165, 1.54) is 6.07 Å². The predicted molar refractivity (Wildman–Crippen MR) is 149 cm³/mol. The molecule has 186 valence electrons. The molecule has 1 aromatic heterocycles. The number of aryl methyl sites for hydroxylation is 1. The summed E-state index contributed by atoms with van der Waals surface area (Å²) >= 11 is 9.67. The van der Waals surface area contributed by atoms with Crippen LogP contribution in [-0.4, -0.2) is 29.0 Å². The molecule has 0 radical (unpaired) electrons. The molecule has 1 heterocycles. The van der Waals surface area contributed by atoms with Crippen molar-refractivity contribution in [2.45, 2.75) is 27.2 Å². The zero-order valence-corrected chi connectivity index (χ0v) is 22.7. The second kappa shape index (κ2) is 11.3. The second-order valence-corrected chi connectivity index (χ2v) is 9.68. The van der Waals surface area contributed by atoms with E-state index in [0.29, 0.717) is 21.7 Å². The molecule has 0 bridgehead atoms. The van der Waals surface area contributed by atoms with Gasteiger partial charge in [-0.3, -0.25) is 4.79 Å². The van der Waals surface area contributed by atoms with E-state index in [9.17, 15) is 9.18 Å².